The van der Waals surface area contributed by atoms with Crippen LogP contribution in [-0.2, 0) is 37.0 Å². The lowest BCUT2D eigenvalue weighted by molar-refractivity contribution is -0.245. The summed E-state index contributed by atoms with van der Waals surface area (Å²) in [4.78, 5) is 36.0. The summed E-state index contributed by atoms with van der Waals surface area (Å²) in [6.45, 7) is 1.87. The van der Waals surface area contributed by atoms with Gasteiger partial charge in [0.15, 0.2) is 6.29 Å². The highest BCUT2D eigenvalue weighted by atomic mass is 32.2. The second kappa shape index (κ2) is 19.2. The number of hydrogen-bond donors (Lipinski definition) is 5. The Morgan fingerprint density at radius 1 is 0.784 bits per heavy atom. The van der Waals surface area contributed by atoms with Crippen molar-refractivity contribution in [3.63, 3.8) is 0 Å². The Bertz CT molecular complexity index is 1750. The van der Waals surface area contributed by atoms with Gasteiger partial charge in [0.1, 0.15) is 0 Å². The second-order valence-electron chi connectivity index (χ2n) is 12.6. The Balaban J connectivity index is 1.24. The van der Waals surface area contributed by atoms with E-state index in [2.05, 4.69) is 22.8 Å². The van der Waals surface area contributed by atoms with Crippen molar-refractivity contribution in [2.45, 2.75) is 82.0 Å². The normalized spacial score (nSPS) is 17.0. The van der Waals surface area contributed by atoms with E-state index in [1.807, 2.05) is 84.9 Å². The maximum atomic E-state index is 12.4. The summed E-state index contributed by atoms with van der Waals surface area (Å²) in [6.07, 6.45) is 2.38. The van der Waals surface area contributed by atoms with Crippen molar-refractivity contribution >= 4 is 35.2 Å². The SMILES string of the molecule is CC(=O)Nc1ccc(SC[C@H]2C[C@@H](c3ccc(CO)cc3)O[C@@H](c3cccc(-c4cccc(CNC(=O)CCCCCC(=O)NO)c4)c3)O2)cc1. The second-order valence-corrected chi connectivity index (χ2v) is 13.7. The molecule has 1 saturated heterocycles. The first-order chi connectivity index (χ1) is 24.8. The van der Waals surface area contributed by atoms with Crippen LogP contribution in [0.15, 0.2) is 102 Å². The highest BCUT2D eigenvalue weighted by molar-refractivity contribution is 7.99. The van der Waals surface area contributed by atoms with Crippen molar-refractivity contribution in [2.75, 3.05) is 11.1 Å². The molecule has 5 N–H and O–H groups in total. The fourth-order valence-electron chi connectivity index (χ4n) is 5.87. The molecular formula is C40H45N3O7S. The molecule has 1 aliphatic rings. The summed E-state index contributed by atoms with van der Waals surface area (Å²) in [5, 5.41) is 23.9. The number of ether oxygens (including phenoxy) is 2. The lowest BCUT2D eigenvalue weighted by atomic mass is 9.99. The third kappa shape index (κ3) is 11.8. The number of unbranched alkanes of at least 4 members (excludes halogenated alkanes) is 2. The van der Waals surface area contributed by atoms with E-state index in [0.29, 0.717) is 38.0 Å². The Morgan fingerprint density at radius 2 is 1.49 bits per heavy atom. The lowest BCUT2D eigenvalue weighted by Gasteiger charge is -2.36. The molecule has 3 amide bonds. The summed E-state index contributed by atoms with van der Waals surface area (Å²) >= 11 is 1.69. The van der Waals surface area contributed by atoms with Gasteiger partial charge in [0.05, 0.1) is 18.8 Å². The van der Waals surface area contributed by atoms with Crippen molar-refractivity contribution < 1.29 is 34.2 Å². The zero-order valence-corrected chi connectivity index (χ0v) is 29.5. The predicted molar refractivity (Wildman–Crippen MR) is 197 cm³/mol. The van der Waals surface area contributed by atoms with E-state index < -0.39 is 12.2 Å². The first kappa shape index (κ1) is 37.7. The van der Waals surface area contributed by atoms with Crippen molar-refractivity contribution in [2.24, 2.45) is 0 Å². The highest BCUT2D eigenvalue weighted by Gasteiger charge is 2.32. The molecule has 5 rings (SSSR count). The van der Waals surface area contributed by atoms with Crippen molar-refractivity contribution in [3.8, 4) is 11.1 Å². The average molecular weight is 712 g/mol. The van der Waals surface area contributed by atoms with Crippen LogP contribution in [0.1, 0.15) is 80.1 Å². The Kier molecular flexibility index (Phi) is 14.2. The maximum Gasteiger partial charge on any atom is 0.243 e. The number of anilines is 1. The fourth-order valence-corrected chi connectivity index (χ4v) is 6.79. The standard InChI is InChI=1S/C40H45N3O7S/c1-27(45)42-34-17-19-36(20-18-34)51-26-35-23-37(30-15-13-28(25-44)14-16-30)50-40(49-35)33-10-6-9-32(22-33)31-8-5-7-29(21-31)24-41-38(46)11-3-2-4-12-39(47)43-48/h5-10,13-22,35,37,40,44,48H,2-4,11-12,23-26H2,1H3,(H,41,46)(H,42,45)(H,43,47)/t35-,37+,40+/m1/s1. The molecular weight excluding hydrogens is 667 g/mol. The van der Waals surface area contributed by atoms with Gasteiger partial charge < -0.3 is 25.2 Å². The van der Waals surface area contributed by atoms with E-state index in [1.54, 1.807) is 17.2 Å². The minimum atomic E-state index is -0.602. The number of benzene rings is 4. The predicted octanol–water partition coefficient (Wildman–Crippen LogP) is 7.21. The molecule has 0 aliphatic carbocycles. The maximum absolute atomic E-state index is 12.4. The lowest BCUT2D eigenvalue weighted by Crippen LogP contribution is -2.31. The first-order valence-electron chi connectivity index (χ1n) is 17.2. The monoisotopic (exact) mass is 711 g/mol. The molecule has 0 spiro atoms. The largest absolute Gasteiger partial charge is 0.392 e. The smallest absolute Gasteiger partial charge is 0.243 e. The number of carbonyl (C=O) groups is 3. The van der Waals surface area contributed by atoms with Gasteiger partial charge in [0.2, 0.25) is 17.7 Å². The Hall–Kier alpha value is -4.52. The minimum Gasteiger partial charge on any atom is -0.392 e. The van der Waals surface area contributed by atoms with Gasteiger partial charge >= 0.3 is 0 Å². The number of hydroxylamine groups is 1. The number of aliphatic hydroxyl groups is 1. The van der Waals surface area contributed by atoms with E-state index in [1.165, 1.54) is 6.92 Å². The van der Waals surface area contributed by atoms with Gasteiger partial charge in [-0.1, -0.05) is 67.1 Å². The molecule has 0 radical (unpaired) electrons. The molecule has 0 unspecified atom stereocenters. The number of thioether (sulfide) groups is 1. The van der Waals surface area contributed by atoms with Gasteiger partial charge in [0.25, 0.3) is 0 Å². The van der Waals surface area contributed by atoms with E-state index in [4.69, 9.17) is 14.7 Å². The summed E-state index contributed by atoms with van der Waals surface area (Å²) in [7, 11) is 0. The molecule has 0 aromatic heterocycles. The van der Waals surface area contributed by atoms with Crippen LogP contribution in [-0.4, -0.2) is 39.9 Å². The van der Waals surface area contributed by atoms with Crippen molar-refractivity contribution in [3.05, 3.63) is 119 Å². The van der Waals surface area contributed by atoms with Crippen LogP contribution < -0.4 is 16.1 Å². The van der Waals surface area contributed by atoms with Gasteiger partial charge in [-0.3, -0.25) is 19.6 Å². The van der Waals surface area contributed by atoms with Crippen LogP contribution in [0.4, 0.5) is 5.69 Å². The zero-order valence-electron chi connectivity index (χ0n) is 28.7. The fraction of sp³-hybridized carbons (Fsp3) is 0.325. The molecule has 0 bridgehead atoms. The number of aliphatic hydroxyl groups excluding tert-OH is 1. The molecule has 11 heteroatoms. The molecule has 1 fully saturated rings. The zero-order chi connectivity index (χ0) is 36.0. The number of amides is 3. The number of nitrogens with one attached hydrogen (secondary N) is 3. The molecule has 51 heavy (non-hydrogen) atoms. The third-order valence-electron chi connectivity index (χ3n) is 8.57. The van der Waals surface area contributed by atoms with Gasteiger partial charge in [-0.2, -0.15) is 0 Å². The quantitative estimate of drug-likeness (QED) is 0.0355. The Morgan fingerprint density at radius 3 is 2.20 bits per heavy atom. The molecule has 4 aromatic carbocycles. The van der Waals surface area contributed by atoms with Crippen LogP contribution in [0.3, 0.4) is 0 Å². The van der Waals surface area contributed by atoms with Gasteiger partial charge in [-0.25, -0.2) is 5.48 Å². The number of hydrogen-bond acceptors (Lipinski definition) is 8. The molecule has 268 valence electrons. The van der Waals surface area contributed by atoms with Gasteiger partial charge in [-0.15, -0.1) is 11.8 Å². The number of carbonyl (C=O) groups excluding carboxylic acids is 3. The van der Waals surface area contributed by atoms with Crippen LogP contribution >= 0.6 is 11.8 Å². The molecule has 0 saturated carbocycles. The minimum absolute atomic E-state index is 0.0209. The van der Waals surface area contributed by atoms with Gasteiger partial charge in [-0.05, 0) is 77.1 Å². The summed E-state index contributed by atoms with van der Waals surface area (Å²) < 4.78 is 13.2. The van der Waals surface area contributed by atoms with E-state index in [-0.39, 0.29) is 37.0 Å². The molecule has 4 aromatic rings. The van der Waals surface area contributed by atoms with Crippen LogP contribution in [0, 0.1) is 0 Å². The summed E-state index contributed by atoms with van der Waals surface area (Å²) in [5.74, 6) is 0.139. The average Bonchev–Trinajstić information content (AvgIpc) is 3.16. The van der Waals surface area contributed by atoms with E-state index in [9.17, 15) is 19.5 Å². The summed E-state index contributed by atoms with van der Waals surface area (Å²) in [6, 6.07) is 31.8. The topological polar surface area (TPSA) is 146 Å². The van der Waals surface area contributed by atoms with Crippen LogP contribution in [0.25, 0.3) is 11.1 Å². The highest BCUT2D eigenvalue weighted by Crippen LogP contribution is 2.40. The van der Waals surface area contributed by atoms with Crippen molar-refractivity contribution in [1.29, 1.82) is 0 Å². The van der Waals surface area contributed by atoms with Crippen LogP contribution in [0.2, 0.25) is 0 Å². The molecule has 1 aliphatic heterocycles. The number of rotatable bonds is 16. The molecule has 3 atom stereocenters. The third-order valence-corrected chi connectivity index (χ3v) is 9.71. The summed E-state index contributed by atoms with van der Waals surface area (Å²) in [5.41, 5.74) is 8.12. The molecule has 10 nitrogen and oxygen atoms in total. The first-order valence-corrected chi connectivity index (χ1v) is 18.2. The van der Waals surface area contributed by atoms with E-state index in [0.717, 1.165) is 50.4 Å². The van der Waals surface area contributed by atoms with Crippen molar-refractivity contribution in [1.82, 2.24) is 10.8 Å². The van der Waals surface area contributed by atoms with E-state index >= 15 is 0 Å². The Labute approximate surface area is 302 Å². The molecule has 1 heterocycles. The van der Waals surface area contributed by atoms with Crippen LogP contribution in [0.5, 0.6) is 0 Å². The van der Waals surface area contributed by atoms with Gasteiger partial charge in [0, 0.05) is 54.6 Å².